The van der Waals surface area contributed by atoms with Crippen LogP contribution in [0.3, 0.4) is 0 Å². The van der Waals surface area contributed by atoms with Crippen LogP contribution in [0, 0.1) is 5.82 Å². The molecule has 7 nitrogen and oxygen atoms in total. The van der Waals surface area contributed by atoms with Gasteiger partial charge >= 0.3 is 0 Å². The molecule has 0 aromatic heterocycles. The lowest BCUT2D eigenvalue weighted by Crippen LogP contribution is -2.30. The van der Waals surface area contributed by atoms with E-state index in [1.54, 1.807) is 26.4 Å². The van der Waals surface area contributed by atoms with Gasteiger partial charge in [-0.05, 0) is 49.7 Å². The molecule has 0 saturated heterocycles. The third-order valence-electron chi connectivity index (χ3n) is 4.68. The van der Waals surface area contributed by atoms with E-state index < -0.39 is 15.8 Å². The SMILES string of the molecule is COc1ccc(C(C)NC(=O)CCCN(C)S(=O)(=O)c2ccc(F)cc2)c(OC)c1. The van der Waals surface area contributed by atoms with E-state index >= 15 is 0 Å². The van der Waals surface area contributed by atoms with E-state index in [2.05, 4.69) is 5.32 Å². The summed E-state index contributed by atoms with van der Waals surface area (Å²) < 4.78 is 49.7. The Labute approximate surface area is 176 Å². The number of methoxy groups -OCH3 is 2. The number of ether oxygens (including phenoxy) is 2. The van der Waals surface area contributed by atoms with Gasteiger partial charge in [-0.25, -0.2) is 17.1 Å². The summed E-state index contributed by atoms with van der Waals surface area (Å²) in [7, 11) is 0.811. The van der Waals surface area contributed by atoms with Crippen molar-refractivity contribution < 1.29 is 27.1 Å². The van der Waals surface area contributed by atoms with Gasteiger partial charge < -0.3 is 14.8 Å². The third-order valence-corrected chi connectivity index (χ3v) is 6.55. The molecule has 0 aliphatic rings. The Hall–Kier alpha value is -2.65. The number of carbonyl (C=O) groups is 1. The fourth-order valence-corrected chi connectivity index (χ4v) is 4.15. The van der Waals surface area contributed by atoms with Crippen LogP contribution in [0.4, 0.5) is 4.39 Å². The predicted octanol–water partition coefficient (Wildman–Crippen LogP) is 3.12. The lowest BCUT2D eigenvalue weighted by molar-refractivity contribution is -0.121. The molecule has 0 aliphatic carbocycles. The number of benzene rings is 2. The van der Waals surface area contributed by atoms with Crippen molar-refractivity contribution in [1.82, 2.24) is 9.62 Å². The molecule has 1 atom stereocenters. The maximum absolute atomic E-state index is 13.0. The summed E-state index contributed by atoms with van der Waals surface area (Å²) >= 11 is 0. The summed E-state index contributed by atoms with van der Waals surface area (Å²) in [5, 5.41) is 2.89. The molecule has 0 radical (unpaired) electrons. The van der Waals surface area contributed by atoms with Gasteiger partial charge in [-0.3, -0.25) is 4.79 Å². The molecule has 0 fully saturated rings. The molecule has 2 aromatic rings. The van der Waals surface area contributed by atoms with Crippen LogP contribution in [0.15, 0.2) is 47.4 Å². The molecule has 0 bridgehead atoms. The van der Waals surface area contributed by atoms with Crippen LogP contribution in [0.25, 0.3) is 0 Å². The average molecular weight is 439 g/mol. The van der Waals surface area contributed by atoms with Gasteiger partial charge in [0.15, 0.2) is 0 Å². The minimum atomic E-state index is -3.73. The van der Waals surface area contributed by atoms with E-state index in [9.17, 15) is 17.6 Å². The maximum Gasteiger partial charge on any atom is 0.242 e. The second-order valence-corrected chi connectivity index (χ2v) is 8.83. The smallest absolute Gasteiger partial charge is 0.242 e. The third kappa shape index (κ3) is 5.93. The van der Waals surface area contributed by atoms with Crippen molar-refractivity contribution in [2.24, 2.45) is 0 Å². The van der Waals surface area contributed by atoms with E-state index in [0.717, 1.165) is 22.0 Å². The van der Waals surface area contributed by atoms with E-state index in [0.29, 0.717) is 17.9 Å². The molecule has 0 heterocycles. The zero-order valence-electron chi connectivity index (χ0n) is 17.5. The van der Waals surface area contributed by atoms with Gasteiger partial charge in [0.2, 0.25) is 15.9 Å². The second kappa shape index (κ2) is 10.4. The molecular formula is C21H27FN2O5S. The van der Waals surface area contributed by atoms with E-state index in [1.165, 1.54) is 19.2 Å². The molecular weight excluding hydrogens is 411 g/mol. The Kier molecular flexibility index (Phi) is 8.19. The fraction of sp³-hybridized carbons (Fsp3) is 0.381. The highest BCUT2D eigenvalue weighted by Gasteiger charge is 2.21. The first-order chi connectivity index (χ1) is 14.2. The average Bonchev–Trinajstić information content (AvgIpc) is 2.73. The second-order valence-electron chi connectivity index (χ2n) is 6.78. The highest BCUT2D eigenvalue weighted by Crippen LogP contribution is 2.29. The first kappa shape index (κ1) is 23.6. The molecule has 9 heteroatoms. The Morgan fingerprint density at radius 3 is 2.40 bits per heavy atom. The molecule has 2 rings (SSSR count). The Morgan fingerprint density at radius 2 is 1.80 bits per heavy atom. The number of hydrogen-bond acceptors (Lipinski definition) is 5. The summed E-state index contributed by atoms with van der Waals surface area (Å²) in [6, 6.07) is 9.70. The topological polar surface area (TPSA) is 84.9 Å². The Bertz CT molecular complexity index is 964. The molecule has 1 unspecified atom stereocenters. The molecule has 30 heavy (non-hydrogen) atoms. The van der Waals surface area contributed by atoms with Crippen molar-refractivity contribution in [3.63, 3.8) is 0 Å². The number of rotatable bonds is 10. The van der Waals surface area contributed by atoms with Gasteiger partial charge in [0.1, 0.15) is 17.3 Å². The number of halogens is 1. The van der Waals surface area contributed by atoms with Crippen LogP contribution in [0.1, 0.15) is 31.4 Å². The highest BCUT2D eigenvalue weighted by molar-refractivity contribution is 7.89. The van der Waals surface area contributed by atoms with Crippen molar-refractivity contribution >= 4 is 15.9 Å². The van der Waals surface area contributed by atoms with Gasteiger partial charge in [-0.1, -0.05) is 0 Å². The van der Waals surface area contributed by atoms with Crippen molar-refractivity contribution in [3.8, 4) is 11.5 Å². The lowest BCUT2D eigenvalue weighted by atomic mass is 10.1. The van der Waals surface area contributed by atoms with Gasteiger partial charge in [0, 0.05) is 31.6 Å². The van der Waals surface area contributed by atoms with Gasteiger partial charge in [-0.2, -0.15) is 0 Å². The van der Waals surface area contributed by atoms with E-state index in [-0.39, 0.29) is 29.8 Å². The van der Waals surface area contributed by atoms with Crippen LogP contribution >= 0.6 is 0 Å². The summed E-state index contributed by atoms with van der Waals surface area (Å²) in [6.45, 7) is 2.00. The molecule has 0 saturated carbocycles. The minimum absolute atomic E-state index is 0.0103. The van der Waals surface area contributed by atoms with Crippen molar-refractivity contribution in [3.05, 3.63) is 53.8 Å². The number of amides is 1. The summed E-state index contributed by atoms with van der Waals surface area (Å²) in [5.41, 5.74) is 0.808. The number of carbonyl (C=O) groups excluding carboxylic acids is 1. The van der Waals surface area contributed by atoms with Gasteiger partial charge in [-0.15, -0.1) is 0 Å². The maximum atomic E-state index is 13.0. The van der Waals surface area contributed by atoms with Crippen LogP contribution in [-0.2, 0) is 14.8 Å². The normalized spacial score (nSPS) is 12.5. The van der Waals surface area contributed by atoms with Crippen molar-refractivity contribution in [2.45, 2.75) is 30.7 Å². The van der Waals surface area contributed by atoms with Gasteiger partial charge in [0.05, 0.1) is 25.2 Å². The largest absolute Gasteiger partial charge is 0.497 e. The molecule has 0 aliphatic heterocycles. The predicted molar refractivity (Wildman–Crippen MR) is 112 cm³/mol. The molecule has 164 valence electrons. The number of nitrogens with zero attached hydrogens (tertiary/aromatic N) is 1. The summed E-state index contributed by atoms with van der Waals surface area (Å²) in [4.78, 5) is 12.3. The molecule has 1 amide bonds. The van der Waals surface area contributed by atoms with Crippen LogP contribution < -0.4 is 14.8 Å². The number of sulfonamides is 1. The van der Waals surface area contributed by atoms with Crippen LogP contribution in [0.2, 0.25) is 0 Å². The van der Waals surface area contributed by atoms with Crippen molar-refractivity contribution in [2.75, 3.05) is 27.8 Å². The zero-order chi connectivity index (χ0) is 22.3. The number of nitrogens with one attached hydrogen (secondary N) is 1. The van der Waals surface area contributed by atoms with E-state index in [1.807, 2.05) is 13.0 Å². The molecule has 0 spiro atoms. The zero-order valence-corrected chi connectivity index (χ0v) is 18.3. The standard InChI is InChI=1S/C21H27FN2O5S/c1-15(19-12-9-17(28-3)14-20(19)29-4)23-21(25)6-5-13-24(2)30(26,27)18-10-7-16(22)8-11-18/h7-12,14-15H,5-6,13H2,1-4H3,(H,23,25). The lowest BCUT2D eigenvalue weighted by Gasteiger charge is -2.19. The van der Waals surface area contributed by atoms with Crippen LogP contribution in [-0.4, -0.2) is 46.4 Å². The molecule has 1 N–H and O–H groups in total. The number of hydrogen-bond donors (Lipinski definition) is 1. The van der Waals surface area contributed by atoms with Crippen LogP contribution in [0.5, 0.6) is 11.5 Å². The van der Waals surface area contributed by atoms with E-state index in [4.69, 9.17) is 9.47 Å². The quantitative estimate of drug-likeness (QED) is 0.616. The Balaban J connectivity index is 1.89. The molecule has 2 aromatic carbocycles. The Morgan fingerprint density at radius 1 is 1.13 bits per heavy atom. The fourth-order valence-electron chi connectivity index (χ4n) is 2.94. The highest BCUT2D eigenvalue weighted by atomic mass is 32.2. The minimum Gasteiger partial charge on any atom is -0.497 e. The monoisotopic (exact) mass is 438 g/mol. The first-order valence-electron chi connectivity index (χ1n) is 9.42. The van der Waals surface area contributed by atoms with Crippen molar-refractivity contribution in [1.29, 1.82) is 0 Å². The summed E-state index contributed by atoms with van der Waals surface area (Å²) in [5.74, 6) is 0.552. The van der Waals surface area contributed by atoms with Gasteiger partial charge in [0.25, 0.3) is 0 Å². The first-order valence-corrected chi connectivity index (χ1v) is 10.9. The summed E-state index contributed by atoms with van der Waals surface area (Å²) in [6.07, 6.45) is 0.501.